The molecule has 0 radical (unpaired) electrons. The summed E-state index contributed by atoms with van der Waals surface area (Å²) in [6, 6.07) is 7.58. The molecule has 2 aromatic rings. The minimum absolute atomic E-state index is 0.0454. The summed E-state index contributed by atoms with van der Waals surface area (Å²) < 4.78 is 0. The van der Waals surface area contributed by atoms with Gasteiger partial charge in [-0.2, -0.15) is 0 Å². The van der Waals surface area contributed by atoms with Gasteiger partial charge >= 0.3 is 5.00 Å². The maximum absolute atomic E-state index is 10.5. The zero-order valence-electron chi connectivity index (χ0n) is 9.30. The molecule has 0 saturated carbocycles. The first-order valence-electron chi connectivity index (χ1n) is 5.23. The van der Waals surface area contributed by atoms with E-state index in [-0.39, 0.29) is 5.00 Å². The second-order valence-electron chi connectivity index (χ2n) is 3.56. The number of anilines is 1. The number of nitrogens with zero attached hydrogens (tertiary/aromatic N) is 2. The van der Waals surface area contributed by atoms with Crippen molar-refractivity contribution in [1.82, 2.24) is 4.98 Å². The first kappa shape index (κ1) is 12.8. The van der Waals surface area contributed by atoms with E-state index in [1.807, 2.05) is 24.3 Å². The highest BCUT2D eigenvalue weighted by molar-refractivity contribution is 7.18. The SMILES string of the molecule is O=[N+]([O-])c1cnc(NCCc2ccc(Cl)cc2)s1. The number of halogens is 1. The smallest absolute Gasteiger partial charge is 0.345 e. The second kappa shape index (κ2) is 5.79. The number of nitro groups is 1. The van der Waals surface area contributed by atoms with Gasteiger partial charge in [0.05, 0.1) is 4.92 Å². The zero-order valence-corrected chi connectivity index (χ0v) is 10.9. The van der Waals surface area contributed by atoms with Crippen LogP contribution < -0.4 is 5.32 Å². The lowest BCUT2D eigenvalue weighted by molar-refractivity contribution is -0.380. The standard InChI is InChI=1S/C11H10ClN3O2S/c12-9-3-1-8(2-4-9)5-6-13-11-14-7-10(18-11)15(16)17/h1-4,7H,5-6H2,(H,13,14). The lowest BCUT2D eigenvalue weighted by Crippen LogP contribution is -2.04. The van der Waals surface area contributed by atoms with E-state index in [9.17, 15) is 10.1 Å². The Morgan fingerprint density at radius 2 is 2.11 bits per heavy atom. The molecule has 0 saturated heterocycles. The molecule has 0 aliphatic rings. The van der Waals surface area contributed by atoms with Crippen LogP contribution in [0.4, 0.5) is 10.1 Å². The van der Waals surface area contributed by atoms with Gasteiger partial charge in [0.15, 0.2) is 5.13 Å². The van der Waals surface area contributed by atoms with Crippen LogP contribution in [0.2, 0.25) is 5.02 Å². The largest absolute Gasteiger partial charge is 0.361 e. The van der Waals surface area contributed by atoms with E-state index in [1.54, 1.807) is 0 Å². The van der Waals surface area contributed by atoms with Crippen LogP contribution in [0.25, 0.3) is 0 Å². The summed E-state index contributed by atoms with van der Waals surface area (Å²) in [6.07, 6.45) is 2.07. The highest BCUT2D eigenvalue weighted by Crippen LogP contribution is 2.24. The number of hydrogen-bond donors (Lipinski definition) is 1. The van der Waals surface area contributed by atoms with E-state index < -0.39 is 4.92 Å². The predicted octanol–water partition coefficient (Wildman–Crippen LogP) is 3.36. The molecule has 1 N–H and O–H groups in total. The highest BCUT2D eigenvalue weighted by Gasteiger charge is 2.10. The Morgan fingerprint density at radius 1 is 1.39 bits per heavy atom. The van der Waals surface area contributed by atoms with Gasteiger partial charge in [-0.25, -0.2) is 4.98 Å². The summed E-state index contributed by atoms with van der Waals surface area (Å²) in [5.74, 6) is 0. The molecular weight excluding hydrogens is 274 g/mol. The summed E-state index contributed by atoms with van der Waals surface area (Å²) in [5.41, 5.74) is 1.15. The molecule has 0 fully saturated rings. The molecule has 18 heavy (non-hydrogen) atoms. The fraction of sp³-hybridized carbons (Fsp3) is 0.182. The maximum atomic E-state index is 10.5. The van der Waals surface area contributed by atoms with Crippen LogP contribution in [-0.4, -0.2) is 16.5 Å². The average Bonchev–Trinajstić information content (AvgIpc) is 2.81. The normalized spacial score (nSPS) is 10.3. The predicted molar refractivity (Wildman–Crippen MR) is 72.4 cm³/mol. The van der Waals surface area contributed by atoms with Crippen molar-refractivity contribution in [2.45, 2.75) is 6.42 Å². The summed E-state index contributed by atoms with van der Waals surface area (Å²) in [6.45, 7) is 0.673. The van der Waals surface area contributed by atoms with E-state index in [0.717, 1.165) is 23.3 Å². The molecule has 94 valence electrons. The van der Waals surface area contributed by atoms with Gasteiger partial charge in [-0.15, -0.1) is 0 Å². The van der Waals surface area contributed by atoms with Gasteiger partial charge in [0, 0.05) is 11.6 Å². The Hall–Kier alpha value is -1.66. The van der Waals surface area contributed by atoms with Crippen LogP contribution in [0.15, 0.2) is 30.5 Å². The monoisotopic (exact) mass is 283 g/mol. The van der Waals surface area contributed by atoms with Gasteiger partial charge < -0.3 is 5.32 Å². The van der Waals surface area contributed by atoms with Crippen molar-refractivity contribution in [3.63, 3.8) is 0 Å². The fourth-order valence-corrected chi connectivity index (χ4v) is 2.18. The molecule has 0 aliphatic carbocycles. The van der Waals surface area contributed by atoms with E-state index in [1.165, 1.54) is 6.20 Å². The topological polar surface area (TPSA) is 68.1 Å². The number of hydrogen-bond acceptors (Lipinski definition) is 5. The Balaban J connectivity index is 1.84. The summed E-state index contributed by atoms with van der Waals surface area (Å²) in [7, 11) is 0. The lowest BCUT2D eigenvalue weighted by atomic mass is 10.1. The summed E-state index contributed by atoms with van der Waals surface area (Å²) >= 11 is 6.82. The Kier molecular flexibility index (Phi) is 4.11. The Morgan fingerprint density at radius 3 is 2.72 bits per heavy atom. The van der Waals surface area contributed by atoms with Crippen molar-refractivity contribution < 1.29 is 4.92 Å². The Bertz CT molecular complexity index is 541. The summed E-state index contributed by atoms with van der Waals surface area (Å²) in [4.78, 5) is 14.0. The fourth-order valence-electron chi connectivity index (χ4n) is 1.40. The molecule has 0 bridgehead atoms. The van der Waals surface area contributed by atoms with Crippen LogP contribution in [0, 0.1) is 10.1 Å². The molecule has 0 atom stereocenters. The van der Waals surface area contributed by atoms with Gasteiger partial charge in [-0.3, -0.25) is 10.1 Å². The second-order valence-corrected chi connectivity index (χ2v) is 5.01. The van der Waals surface area contributed by atoms with E-state index in [2.05, 4.69) is 10.3 Å². The molecular formula is C11H10ClN3O2S. The molecule has 2 rings (SSSR count). The number of benzene rings is 1. The number of rotatable bonds is 5. The maximum Gasteiger partial charge on any atom is 0.345 e. The lowest BCUT2D eigenvalue weighted by Gasteiger charge is -2.02. The van der Waals surface area contributed by atoms with Crippen molar-refractivity contribution in [3.8, 4) is 0 Å². The van der Waals surface area contributed by atoms with Crippen molar-refractivity contribution in [3.05, 3.63) is 51.2 Å². The minimum Gasteiger partial charge on any atom is -0.361 e. The van der Waals surface area contributed by atoms with Gasteiger partial charge in [0.25, 0.3) is 0 Å². The van der Waals surface area contributed by atoms with Crippen molar-refractivity contribution in [2.75, 3.05) is 11.9 Å². The molecule has 5 nitrogen and oxygen atoms in total. The molecule has 0 spiro atoms. The minimum atomic E-state index is -0.442. The first-order chi connectivity index (χ1) is 8.65. The molecule has 1 aromatic carbocycles. The Labute approximate surface area is 113 Å². The molecule has 0 amide bonds. The molecule has 1 aromatic heterocycles. The zero-order chi connectivity index (χ0) is 13.0. The number of thiazole rings is 1. The molecule has 0 unspecified atom stereocenters. The van der Waals surface area contributed by atoms with E-state index in [4.69, 9.17) is 11.6 Å². The van der Waals surface area contributed by atoms with Crippen molar-refractivity contribution in [2.24, 2.45) is 0 Å². The van der Waals surface area contributed by atoms with E-state index >= 15 is 0 Å². The third-order valence-corrected chi connectivity index (χ3v) is 3.44. The molecule has 7 heteroatoms. The third-order valence-electron chi connectivity index (χ3n) is 2.28. The number of aromatic nitrogens is 1. The molecule has 1 heterocycles. The van der Waals surface area contributed by atoms with Crippen LogP contribution in [0.5, 0.6) is 0 Å². The van der Waals surface area contributed by atoms with Crippen molar-refractivity contribution >= 4 is 33.1 Å². The third kappa shape index (κ3) is 3.41. The van der Waals surface area contributed by atoms with Gasteiger partial charge in [-0.1, -0.05) is 23.7 Å². The number of nitrogens with one attached hydrogen (secondary N) is 1. The quantitative estimate of drug-likeness (QED) is 0.675. The van der Waals surface area contributed by atoms with Crippen LogP contribution in [0.3, 0.4) is 0 Å². The average molecular weight is 284 g/mol. The first-order valence-corrected chi connectivity index (χ1v) is 6.43. The van der Waals surface area contributed by atoms with Gasteiger partial charge in [-0.05, 0) is 35.5 Å². The van der Waals surface area contributed by atoms with Crippen molar-refractivity contribution in [1.29, 1.82) is 0 Å². The van der Waals surface area contributed by atoms with Crippen LogP contribution >= 0.6 is 22.9 Å². The highest BCUT2D eigenvalue weighted by atomic mass is 35.5. The van der Waals surface area contributed by atoms with Gasteiger partial charge in [0.1, 0.15) is 6.20 Å². The van der Waals surface area contributed by atoms with Crippen LogP contribution in [0.1, 0.15) is 5.56 Å². The summed E-state index contributed by atoms with van der Waals surface area (Å²) in [5, 5.41) is 14.9. The van der Waals surface area contributed by atoms with E-state index in [0.29, 0.717) is 16.7 Å². The van der Waals surface area contributed by atoms with Crippen LogP contribution in [-0.2, 0) is 6.42 Å². The molecule has 0 aliphatic heterocycles. The van der Waals surface area contributed by atoms with Gasteiger partial charge in [0.2, 0.25) is 0 Å².